The van der Waals surface area contributed by atoms with Crippen molar-refractivity contribution in [3.05, 3.63) is 71.0 Å². The number of thiocarbonyl (C=S) groups is 1. The van der Waals surface area contributed by atoms with E-state index in [1.807, 2.05) is 31.3 Å². The van der Waals surface area contributed by atoms with Gasteiger partial charge in [0.1, 0.15) is 10.8 Å². The molecule has 0 atom stereocenters. The highest BCUT2D eigenvalue weighted by Gasteiger charge is 2.06. The first kappa shape index (κ1) is 15.6. The Bertz CT molecular complexity index is 613. The number of nitrogens with zero attached hydrogens (tertiary/aromatic N) is 1. The van der Waals surface area contributed by atoms with Crippen LogP contribution in [0.25, 0.3) is 0 Å². The minimum absolute atomic E-state index is 0.225. The normalized spacial score (nSPS) is 10.8. The summed E-state index contributed by atoms with van der Waals surface area (Å²) < 4.78 is 13.6. The van der Waals surface area contributed by atoms with Crippen LogP contribution < -0.4 is 5.73 Å². The second-order valence-electron chi connectivity index (χ2n) is 5.19. The predicted octanol–water partition coefficient (Wildman–Crippen LogP) is 3.13. The van der Waals surface area contributed by atoms with Crippen LogP contribution in [0, 0.1) is 5.82 Å². The average Bonchev–Trinajstić information content (AvgIpc) is 2.45. The number of nitrogens with two attached hydrogens (primary N) is 1. The Morgan fingerprint density at radius 3 is 2.52 bits per heavy atom. The third-order valence-electron chi connectivity index (χ3n) is 3.32. The van der Waals surface area contributed by atoms with E-state index in [1.54, 1.807) is 0 Å². The first-order valence-electron chi connectivity index (χ1n) is 6.86. The molecule has 0 saturated heterocycles. The molecule has 0 fully saturated rings. The van der Waals surface area contributed by atoms with E-state index in [0.29, 0.717) is 12.1 Å². The van der Waals surface area contributed by atoms with E-state index in [1.165, 1.54) is 17.7 Å². The summed E-state index contributed by atoms with van der Waals surface area (Å²) in [5.41, 5.74) is 8.33. The molecule has 0 unspecified atom stereocenters. The van der Waals surface area contributed by atoms with Crippen molar-refractivity contribution in [1.82, 2.24) is 4.90 Å². The van der Waals surface area contributed by atoms with Gasteiger partial charge in [-0.15, -0.1) is 0 Å². The Balaban J connectivity index is 1.96. The maximum absolute atomic E-state index is 13.6. The van der Waals surface area contributed by atoms with E-state index in [0.717, 1.165) is 18.5 Å². The number of halogens is 1. The van der Waals surface area contributed by atoms with E-state index < -0.39 is 0 Å². The van der Waals surface area contributed by atoms with Crippen LogP contribution >= 0.6 is 12.2 Å². The second kappa shape index (κ2) is 7.29. The van der Waals surface area contributed by atoms with Crippen molar-refractivity contribution in [2.24, 2.45) is 5.73 Å². The molecular weight excluding hydrogens is 283 g/mol. The molecule has 0 spiro atoms. The van der Waals surface area contributed by atoms with Crippen LogP contribution in [0.2, 0.25) is 0 Å². The Morgan fingerprint density at radius 1 is 1.14 bits per heavy atom. The molecule has 0 saturated carbocycles. The molecule has 0 bridgehead atoms. The summed E-state index contributed by atoms with van der Waals surface area (Å²) >= 11 is 4.91. The van der Waals surface area contributed by atoms with E-state index >= 15 is 0 Å². The summed E-state index contributed by atoms with van der Waals surface area (Å²) in [4.78, 5) is 2.38. The predicted molar refractivity (Wildman–Crippen MR) is 88.8 cm³/mol. The molecule has 0 aromatic heterocycles. The van der Waals surface area contributed by atoms with Crippen LogP contribution in [0.5, 0.6) is 0 Å². The van der Waals surface area contributed by atoms with Crippen LogP contribution in [0.15, 0.2) is 48.5 Å². The number of hydrogen-bond acceptors (Lipinski definition) is 2. The lowest BCUT2D eigenvalue weighted by Crippen LogP contribution is -2.21. The van der Waals surface area contributed by atoms with Gasteiger partial charge in [-0.1, -0.05) is 42.5 Å². The Hall–Kier alpha value is -1.78. The van der Waals surface area contributed by atoms with Gasteiger partial charge in [-0.25, -0.2) is 4.39 Å². The van der Waals surface area contributed by atoms with Crippen LogP contribution in [0.1, 0.15) is 16.7 Å². The third kappa shape index (κ3) is 4.92. The van der Waals surface area contributed by atoms with Crippen molar-refractivity contribution >= 4 is 17.2 Å². The summed E-state index contributed by atoms with van der Waals surface area (Å²) in [7, 11) is 2.02. The van der Waals surface area contributed by atoms with Crippen LogP contribution in [0.4, 0.5) is 4.39 Å². The fourth-order valence-corrected chi connectivity index (χ4v) is 2.36. The molecule has 2 aromatic carbocycles. The smallest absolute Gasteiger partial charge is 0.124 e. The van der Waals surface area contributed by atoms with Crippen molar-refractivity contribution in [3.8, 4) is 0 Å². The van der Waals surface area contributed by atoms with Crippen LogP contribution in [0.3, 0.4) is 0 Å². The van der Waals surface area contributed by atoms with Gasteiger partial charge in [0.15, 0.2) is 0 Å². The first-order valence-corrected chi connectivity index (χ1v) is 7.27. The van der Waals surface area contributed by atoms with Crippen molar-refractivity contribution in [2.75, 3.05) is 13.6 Å². The zero-order valence-electron chi connectivity index (χ0n) is 12.1. The minimum atomic E-state index is -0.299. The van der Waals surface area contributed by atoms with E-state index in [2.05, 4.69) is 17.0 Å². The van der Waals surface area contributed by atoms with Gasteiger partial charge in [-0.2, -0.15) is 0 Å². The monoisotopic (exact) mass is 302 g/mol. The number of hydrogen-bond donors (Lipinski definition) is 1. The van der Waals surface area contributed by atoms with Crippen molar-refractivity contribution in [3.63, 3.8) is 0 Å². The molecule has 0 amide bonds. The van der Waals surface area contributed by atoms with Crippen LogP contribution in [-0.2, 0) is 13.0 Å². The van der Waals surface area contributed by atoms with Crippen molar-refractivity contribution in [2.45, 2.75) is 13.0 Å². The molecule has 2 rings (SSSR count). The second-order valence-corrected chi connectivity index (χ2v) is 5.63. The number of benzene rings is 2. The molecule has 0 radical (unpaired) electrons. The fourth-order valence-electron chi connectivity index (χ4n) is 2.24. The number of rotatable bonds is 6. The van der Waals surface area contributed by atoms with Gasteiger partial charge in [0.05, 0.1) is 0 Å². The molecule has 0 aliphatic carbocycles. The minimum Gasteiger partial charge on any atom is -0.389 e. The van der Waals surface area contributed by atoms with Crippen LogP contribution in [-0.4, -0.2) is 23.5 Å². The summed E-state index contributed by atoms with van der Waals surface area (Å²) in [6, 6.07) is 15.1. The zero-order valence-corrected chi connectivity index (χ0v) is 12.9. The highest BCUT2D eigenvalue weighted by molar-refractivity contribution is 7.80. The highest BCUT2D eigenvalue weighted by Crippen LogP contribution is 2.12. The van der Waals surface area contributed by atoms with Gasteiger partial charge in [0, 0.05) is 18.7 Å². The third-order valence-corrected chi connectivity index (χ3v) is 3.56. The van der Waals surface area contributed by atoms with Gasteiger partial charge >= 0.3 is 0 Å². The summed E-state index contributed by atoms with van der Waals surface area (Å²) in [5, 5.41) is 0. The lowest BCUT2D eigenvalue weighted by molar-refractivity contribution is 0.330. The number of likely N-dealkylation sites (N-methyl/N-ethyl adjacent to an activating group) is 1. The van der Waals surface area contributed by atoms with Gasteiger partial charge in [-0.05, 0) is 42.8 Å². The van der Waals surface area contributed by atoms with Gasteiger partial charge in [-0.3, -0.25) is 0 Å². The van der Waals surface area contributed by atoms with E-state index in [-0.39, 0.29) is 10.8 Å². The Labute approximate surface area is 130 Å². The Kier molecular flexibility index (Phi) is 5.42. The van der Waals surface area contributed by atoms with Crippen molar-refractivity contribution in [1.29, 1.82) is 0 Å². The largest absolute Gasteiger partial charge is 0.389 e. The SMILES string of the molecule is CN(CCc1ccccc1)Cc1cc(F)cc(C(N)=S)c1. The first-order chi connectivity index (χ1) is 10.0. The topological polar surface area (TPSA) is 29.3 Å². The molecule has 0 heterocycles. The average molecular weight is 302 g/mol. The maximum atomic E-state index is 13.6. The molecule has 110 valence electrons. The highest BCUT2D eigenvalue weighted by atomic mass is 32.1. The standard InChI is InChI=1S/C17H19FN2S/c1-20(8-7-13-5-3-2-4-6-13)12-14-9-15(17(19)21)11-16(18)10-14/h2-6,9-11H,7-8,12H2,1H3,(H2,19,21). The fraction of sp³-hybridized carbons (Fsp3) is 0.235. The maximum Gasteiger partial charge on any atom is 0.124 e. The molecular formula is C17H19FN2S. The van der Waals surface area contributed by atoms with Gasteiger partial charge < -0.3 is 10.6 Å². The molecule has 2 nitrogen and oxygen atoms in total. The Morgan fingerprint density at radius 2 is 1.86 bits per heavy atom. The lowest BCUT2D eigenvalue weighted by atomic mass is 10.1. The summed E-state index contributed by atoms with van der Waals surface area (Å²) in [6.07, 6.45) is 0.967. The molecule has 0 aliphatic rings. The van der Waals surface area contributed by atoms with Crippen molar-refractivity contribution < 1.29 is 4.39 Å². The van der Waals surface area contributed by atoms with E-state index in [4.69, 9.17) is 18.0 Å². The molecule has 2 aromatic rings. The van der Waals surface area contributed by atoms with Gasteiger partial charge in [0.25, 0.3) is 0 Å². The molecule has 4 heteroatoms. The molecule has 21 heavy (non-hydrogen) atoms. The van der Waals surface area contributed by atoms with Gasteiger partial charge in [0.2, 0.25) is 0 Å². The zero-order chi connectivity index (χ0) is 15.2. The molecule has 0 aliphatic heterocycles. The van der Waals surface area contributed by atoms with E-state index in [9.17, 15) is 4.39 Å². The lowest BCUT2D eigenvalue weighted by Gasteiger charge is -2.17. The molecule has 2 N–H and O–H groups in total. The summed E-state index contributed by atoms with van der Waals surface area (Å²) in [5.74, 6) is -0.299. The quantitative estimate of drug-likeness (QED) is 0.831. The summed E-state index contributed by atoms with van der Waals surface area (Å²) in [6.45, 7) is 1.57.